The van der Waals surface area contributed by atoms with Crippen molar-refractivity contribution in [3.05, 3.63) is 87.9 Å². The number of carbonyl (C=O) groups excluding carboxylic acids is 1. The number of aromatic nitrogens is 1. The van der Waals surface area contributed by atoms with Crippen LogP contribution in [0.25, 0.3) is 21.3 Å². The second-order valence-corrected chi connectivity index (χ2v) is 9.62. The molecule has 0 saturated carbocycles. The van der Waals surface area contributed by atoms with Crippen molar-refractivity contribution in [3.8, 4) is 11.1 Å². The zero-order valence-electron chi connectivity index (χ0n) is 17.5. The zero-order chi connectivity index (χ0) is 22.9. The summed E-state index contributed by atoms with van der Waals surface area (Å²) in [6.07, 6.45) is -0.0431. The predicted molar refractivity (Wildman–Crippen MR) is 129 cm³/mol. The van der Waals surface area contributed by atoms with Crippen molar-refractivity contribution in [2.24, 2.45) is 5.92 Å². The summed E-state index contributed by atoms with van der Waals surface area (Å²) in [4.78, 5) is 29.0. The van der Waals surface area contributed by atoms with E-state index < -0.39 is 17.9 Å². The highest BCUT2D eigenvalue weighted by Crippen LogP contribution is 2.44. The molecule has 166 valence electrons. The van der Waals surface area contributed by atoms with Gasteiger partial charge in [-0.3, -0.25) is 9.59 Å². The first-order valence-electron chi connectivity index (χ1n) is 10.6. The average molecular weight is 478 g/mol. The molecule has 7 heteroatoms. The number of esters is 1. The van der Waals surface area contributed by atoms with Crippen molar-refractivity contribution in [3.63, 3.8) is 0 Å². The molecule has 1 N–H and O–H groups in total. The summed E-state index contributed by atoms with van der Waals surface area (Å²) in [5, 5.41) is 10.9. The lowest BCUT2D eigenvalue weighted by Gasteiger charge is -2.15. The van der Waals surface area contributed by atoms with Gasteiger partial charge in [0.1, 0.15) is 6.61 Å². The smallest absolute Gasteiger partial charge is 0.307 e. The number of benzene rings is 3. The van der Waals surface area contributed by atoms with Gasteiger partial charge in [0.05, 0.1) is 27.6 Å². The number of carboxylic acids is 1. The standard InChI is InChI=1S/C26H20ClNO4S/c27-16-9-10-23-22(13-16)28-24(33-23)11-15(26(30)31)12-25(29)32-14-21-19-7-3-1-5-17(19)18-6-2-4-8-20(18)21/h1-10,13,15,21H,11-12,14H2,(H,30,31)/t15-/m1/s1. The first kappa shape index (κ1) is 21.6. The Morgan fingerprint density at radius 3 is 2.36 bits per heavy atom. The number of ether oxygens (including phenoxy) is 1. The van der Waals surface area contributed by atoms with E-state index in [0.29, 0.717) is 10.0 Å². The van der Waals surface area contributed by atoms with Crippen LogP contribution in [0.5, 0.6) is 0 Å². The summed E-state index contributed by atoms with van der Waals surface area (Å²) >= 11 is 7.43. The van der Waals surface area contributed by atoms with Crippen LogP contribution in [0.2, 0.25) is 5.02 Å². The molecule has 0 saturated heterocycles. The fourth-order valence-corrected chi connectivity index (χ4v) is 5.56. The Morgan fingerprint density at radius 2 is 1.70 bits per heavy atom. The lowest BCUT2D eigenvalue weighted by molar-refractivity contribution is -0.151. The van der Waals surface area contributed by atoms with E-state index in [0.717, 1.165) is 32.5 Å². The first-order valence-corrected chi connectivity index (χ1v) is 11.8. The molecule has 0 fully saturated rings. The van der Waals surface area contributed by atoms with Crippen LogP contribution in [0.3, 0.4) is 0 Å². The highest BCUT2D eigenvalue weighted by Gasteiger charge is 2.30. The molecule has 5 rings (SSSR count). The third-order valence-electron chi connectivity index (χ3n) is 5.95. The Kier molecular flexibility index (Phi) is 5.87. The second kappa shape index (κ2) is 8.96. The number of fused-ring (bicyclic) bond motifs is 4. The number of carbonyl (C=O) groups is 2. The lowest BCUT2D eigenvalue weighted by Crippen LogP contribution is -2.22. The number of rotatable bonds is 7. The Morgan fingerprint density at radius 1 is 1.03 bits per heavy atom. The quantitative estimate of drug-likeness (QED) is 0.333. The van der Waals surface area contributed by atoms with Crippen molar-refractivity contribution in [2.75, 3.05) is 6.61 Å². The normalized spacial score (nSPS) is 13.5. The summed E-state index contributed by atoms with van der Waals surface area (Å²) < 4.78 is 6.53. The Hall–Kier alpha value is -3.22. The van der Waals surface area contributed by atoms with Crippen molar-refractivity contribution in [1.82, 2.24) is 4.98 Å². The summed E-state index contributed by atoms with van der Waals surface area (Å²) in [5.41, 5.74) is 5.26. The van der Waals surface area contributed by atoms with E-state index in [2.05, 4.69) is 17.1 Å². The Labute approximate surface area is 199 Å². The molecule has 3 aromatic carbocycles. The monoisotopic (exact) mass is 477 g/mol. The number of nitrogens with zero attached hydrogens (tertiary/aromatic N) is 1. The van der Waals surface area contributed by atoms with E-state index in [9.17, 15) is 14.7 Å². The van der Waals surface area contributed by atoms with Gasteiger partial charge in [-0.05, 0) is 40.5 Å². The molecular weight excluding hydrogens is 458 g/mol. The van der Waals surface area contributed by atoms with Crippen LogP contribution in [0.1, 0.15) is 28.5 Å². The molecule has 0 aliphatic heterocycles. The molecule has 0 radical (unpaired) electrons. The fraction of sp³-hybridized carbons (Fsp3) is 0.192. The minimum Gasteiger partial charge on any atom is -0.481 e. The van der Waals surface area contributed by atoms with E-state index in [1.165, 1.54) is 11.3 Å². The van der Waals surface area contributed by atoms with E-state index >= 15 is 0 Å². The van der Waals surface area contributed by atoms with Crippen LogP contribution in [-0.2, 0) is 20.7 Å². The van der Waals surface area contributed by atoms with Crippen molar-refractivity contribution in [2.45, 2.75) is 18.8 Å². The molecule has 33 heavy (non-hydrogen) atoms. The minimum absolute atomic E-state index is 0.0568. The van der Waals surface area contributed by atoms with E-state index in [1.54, 1.807) is 12.1 Å². The Balaban J connectivity index is 1.27. The number of hydrogen-bond donors (Lipinski definition) is 1. The SMILES string of the molecule is O=C(C[C@@H](Cc1nc2cc(Cl)ccc2s1)C(=O)O)OCC1c2ccccc2-c2ccccc21. The second-order valence-electron chi connectivity index (χ2n) is 8.07. The van der Waals surface area contributed by atoms with Crippen LogP contribution < -0.4 is 0 Å². The van der Waals surface area contributed by atoms with Gasteiger partial charge in [-0.25, -0.2) is 4.98 Å². The van der Waals surface area contributed by atoms with Crippen LogP contribution in [0.4, 0.5) is 0 Å². The van der Waals surface area contributed by atoms with Gasteiger partial charge in [0.25, 0.3) is 0 Å². The van der Waals surface area contributed by atoms with E-state index in [1.807, 2.05) is 42.5 Å². The number of halogens is 1. The molecule has 1 aliphatic carbocycles. The van der Waals surface area contributed by atoms with Crippen molar-refractivity contribution < 1.29 is 19.4 Å². The molecule has 0 unspecified atom stereocenters. The molecule has 1 aromatic heterocycles. The van der Waals surface area contributed by atoms with Gasteiger partial charge in [-0.15, -0.1) is 11.3 Å². The molecule has 1 atom stereocenters. The lowest BCUT2D eigenvalue weighted by atomic mass is 9.98. The number of hydrogen-bond acceptors (Lipinski definition) is 5. The van der Waals surface area contributed by atoms with Gasteiger partial charge in [0.2, 0.25) is 0 Å². The first-order chi connectivity index (χ1) is 16.0. The van der Waals surface area contributed by atoms with E-state index in [4.69, 9.17) is 16.3 Å². The molecular formula is C26H20ClNO4S. The summed E-state index contributed by atoms with van der Waals surface area (Å²) in [5.74, 6) is -2.52. The minimum atomic E-state index is -1.04. The third-order valence-corrected chi connectivity index (χ3v) is 7.24. The van der Waals surface area contributed by atoms with E-state index in [-0.39, 0.29) is 25.4 Å². The molecule has 0 bridgehead atoms. The van der Waals surface area contributed by atoms with Crippen LogP contribution in [0, 0.1) is 5.92 Å². The molecule has 1 heterocycles. The van der Waals surface area contributed by atoms with Crippen molar-refractivity contribution >= 4 is 45.1 Å². The van der Waals surface area contributed by atoms with Gasteiger partial charge in [-0.1, -0.05) is 60.1 Å². The Bertz CT molecular complexity index is 1320. The van der Waals surface area contributed by atoms with Crippen molar-refractivity contribution in [1.29, 1.82) is 0 Å². The van der Waals surface area contributed by atoms with Gasteiger partial charge in [0.15, 0.2) is 0 Å². The van der Waals surface area contributed by atoms with Gasteiger partial charge in [0, 0.05) is 17.4 Å². The third kappa shape index (κ3) is 4.36. The largest absolute Gasteiger partial charge is 0.481 e. The van der Waals surface area contributed by atoms with Crippen LogP contribution in [0.15, 0.2) is 66.7 Å². The number of aliphatic carboxylic acids is 1. The maximum atomic E-state index is 12.6. The van der Waals surface area contributed by atoms with Crippen LogP contribution in [-0.4, -0.2) is 28.6 Å². The molecule has 5 nitrogen and oxygen atoms in total. The van der Waals surface area contributed by atoms with Gasteiger partial charge in [-0.2, -0.15) is 0 Å². The maximum absolute atomic E-state index is 12.6. The average Bonchev–Trinajstić information content (AvgIpc) is 3.35. The highest BCUT2D eigenvalue weighted by molar-refractivity contribution is 7.18. The number of thiazole rings is 1. The fourth-order valence-electron chi connectivity index (χ4n) is 4.37. The number of carboxylic acid groups (broad SMARTS) is 1. The van der Waals surface area contributed by atoms with Gasteiger partial charge >= 0.3 is 11.9 Å². The molecule has 4 aromatic rings. The molecule has 0 spiro atoms. The zero-order valence-corrected chi connectivity index (χ0v) is 19.1. The summed E-state index contributed by atoms with van der Waals surface area (Å²) in [6.45, 7) is 0.179. The summed E-state index contributed by atoms with van der Waals surface area (Å²) in [6, 6.07) is 21.6. The summed E-state index contributed by atoms with van der Waals surface area (Å²) in [7, 11) is 0. The van der Waals surface area contributed by atoms with Gasteiger partial charge < -0.3 is 9.84 Å². The molecule has 0 amide bonds. The topological polar surface area (TPSA) is 76.5 Å². The predicted octanol–water partition coefficient (Wildman–Crippen LogP) is 5.94. The maximum Gasteiger partial charge on any atom is 0.307 e. The molecule has 1 aliphatic rings. The highest BCUT2D eigenvalue weighted by atomic mass is 35.5. The van der Waals surface area contributed by atoms with Crippen LogP contribution >= 0.6 is 22.9 Å².